The van der Waals surface area contributed by atoms with Gasteiger partial charge in [0, 0.05) is 7.11 Å². The van der Waals surface area contributed by atoms with Gasteiger partial charge in [-0.3, -0.25) is 0 Å². The largest absolute Gasteiger partial charge is 0.329 e. The maximum Gasteiger partial charge on any atom is 0.237 e. The Balaban J connectivity index is 3.41. The van der Waals surface area contributed by atoms with Gasteiger partial charge < -0.3 is 9.05 Å². The van der Waals surface area contributed by atoms with Gasteiger partial charge >= 0.3 is 0 Å². The molecule has 2 nitrogen and oxygen atoms in total. The molecule has 2 atom stereocenters. The van der Waals surface area contributed by atoms with Crippen LogP contribution in [-0.2, 0) is 9.05 Å². The first-order chi connectivity index (χ1) is 4.74. The van der Waals surface area contributed by atoms with E-state index in [1.807, 2.05) is 6.26 Å². The Kier molecular flexibility index (Phi) is 6.86. The average molecular weight is 182 g/mol. The maximum absolute atomic E-state index is 5.50. The van der Waals surface area contributed by atoms with Crippen molar-refractivity contribution in [1.29, 1.82) is 0 Å². The molecule has 62 valence electrons. The van der Waals surface area contributed by atoms with Crippen LogP contribution in [0.1, 0.15) is 20.3 Å². The van der Waals surface area contributed by atoms with Crippen LogP contribution in [-0.4, -0.2) is 19.5 Å². The van der Waals surface area contributed by atoms with Gasteiger partial charge in [0.25, 0.3) is 0 Å². The molecule has 0 bridgehead atoms. The van der Waals surface area contributed by atoms with Gasteiger partial charge in [0.1, 0.15) is 0 Å². The van der Waals surface area contributed by atoms with Gasteiger partial charge in [-0.2, -0.15) is 0 Å². The zero-order valence-corrected chi connectivity index (χ0v) is 8.67. The van der Waals surface area contributed by atoms with Crippen LogP contribution in [0.25, 0.3) is 0 Å². The summed E-state index contributed by atoms with van der Waals surface area (Å²) >= 11 is 1.63. The van der Waals surface area contributed by atoms with Crippen LogP contribution in [0.15, 0.2) is 0 Å². The summed E-state index contributed by atoms with van der Waals surface area (Å²) in [6.07, 6.45) is 3.36. The van der Waals surface area contributed by atoms with E-state index in [2.05, 4.69) is 13.8 Å². The van der Waals surface area contributed by atoms with Crippen LogP contribution in [0, 0.1) is 0 Å². The quantitative estimate of drug-likeness (QED) is 0.609. The van der Waals surface area contributed by atoms with Crippen LogP contribution >= 0.6 is 19.0 Å². The van der Waals surface area contributed by atoms with Crippen LogP contribution in [0.2, 0.25) is 0 Å². The molecule has 0 rings (SSSR count). The Labute approximate surface area is 68.3 Å². The molecule has 0 saturated carbocycles. The summed E-state index contributed by atoms with van der Waals surface area (Å²) in [6.45, 7) is 4.17. The highest BCUT2D eigenvalue weighted by Gasteiger charge is 2.09. The molecule has 0 aromatic rings. The molecule has 0 aromatic carbocycles. The lowest BCUT2D eigenvalue weighted by atomic mass is 10.3. The van der Waals surface area contributed by atoms with Gasteiger partial charge in [0.2, 0.25) is 7.58 Å². The van der Waals surface area contributed by atoms with E-state index in [1.165, 1.54) is 0 Å². The van der Waals surface area contributed by atoms with Crippen molar-refractivity contribution in [2.45, 2.75) is 26.4 Å². The van der Waals surface area contributed by atoms with E-state index >= 15 is 0 Å². The Hall–Kier alpha value is 0.700. The fraction of sp³-hybridized carbons (Fsp3) is 1.00. The van der Waals surface area contributed by atoms with Crippen LogP contribution in [0.3, 0.4) is 0 Å². The molecule has 2 unspecified atom stereocenters. The zero-order valence-electron chi connectivity index (χ0n) is 6.96. The van der Waals surface area contributed by atoms with Crippen molar-refractivity contribution in [3.8, 4) is 0 Å². The van der Waals surface area contributed by atoms with E-state index in [9.17, 15) is 0 Å². The van der Waals surface area contributed by atoms with Crippen LogP contribution in [0.5, 0.6) is 0 Å². The summed E-state index contributed by atoms with van der Waals surface area (Å²) < 4.78 is 10.6. The van der Waals surface area contributed by atoms with Crippen molar-refractivity contribution in [3.05, 3.63) is 0 Å². The lowest BCUT2D eigenvalue weighted by Crippen LogP contribution is -2.01. The average Bonchev–Trinajstić information content (AvgIpc) is 1.99. The standard InChI is InChI=1S/C6H15O2PS/c1-5-6(2)8-9(7-3)10-4/h6H,5H2,1-4H3. The minimum absolute atomic E-state index is 0.318. The molecule has 0 aliphatic heterocycles. The normalized spacial score (nSPS) is 16.8. The van der Waals surface area contributed by atoms with Gasteiger partial charge in [0.05, 0.1) is 6.10 Å². The summed E-state index contributed by atoms with van der Waals surface area (Å²) in [6, 6.07) is 0. The third kappa shape index (κ3) is 4.51. The Morgan fingerprint density at radius 1 is 1.60 bits per heavy atom. The third-order valence-corrected chi connectivity index (χ3v) is 3.87. The van der Waals surface area contributed by atoms with Crippen molar-refractivity contribution in [2.75, 3.05) is 13.4 Å². The summed E-state index contributed by atoms with van der Waals surface area (Å²) in [5, 5.41) is 0. The highest BCUT2D eigenvalue weighted by molar-refractivity contribution is 8.52. The van der Waals surface area contributed by atoms with Crippen LogP contribution < -0.4 is 0 Å². The van der Waals surface area contributed by atoms with E-state index in [4.69, 9.17) is 9.05 Å². The molecule has 0 N–H and O–H groups in total. The molecule has 0 spiro atoms. The van der Waals surface area contributed by atoms with Gasteiger partial charge in [-0.1, -0.05) is 18.3 Å². The molecule has 4 heteroatoms. The topological polar surface area (TPSA) is 18.5 Å². The van der Waals surface area contributed by atoms with Crippen molar-refractivity contribution < 1.29 is 9.05 Å². The van der Waals surface area contributed by atoms with Crippen LogP contribution in [0.4, 0.5) is 0 Å². The Morgan fingerprint density at radius 3 is 2.50 bits per heavy atom. The first kappa shape index (κ1) is 10.7. The highest BCUT2D eigenvalue weighted by Crippen LogP contribution is 2.50. The van der Waals surface area contributed by atoms with Crippen molar-refractivity contribution in [2.24, 2.45) is 0 Å². The second-order valence-electron chi connectivity index (χ2n) is 1.91. The van der Waals surface area contributed by atoms with Gasteiger partial charge in [0.15, 0.2) is 0 Å². The Morgan fingerprint density at radius 2 is 2.20 bits per heavy atom. The smallest absolute Gasteiger partial charge is 0.237 e. The molecule has 0 aromatic heterocycles. The second kappa shape index (κ2) is 6.41. The molecular weight excluding hydrogens is 167 g/mol. The predicted molar refractivity (Wildman–Crippen MR) is 48.3 cm³/mol. The first-order valence-corrected chi connectivity index (χ1v) is 6.30. The van der Waals surface area contributed by atoms with E-state index in [0.29, 0.717) is 6.10 Å². The van der Waals surface area contributed by atoms with Gasteiger partial charge in [-0.15, -0.1) is 0 Å². The maximum atomic E-state index is 5.50. The SMILES string of the molecule is CCC(C)OP(OC)SC. The number of hydrogen-bond acceptors (Lipinski definition) is 3. The third-order valence-electron chi connectivity index (χ3n) is 1.14. The number of hydrogen-bond donors (Lipinski definition) is 0. The Bertz CT molecular complexity index is 78.1. The van der Waals surface area contributed by atoms with Gasteiger partial charge in [-0.05, 0) is 19.6 Å². The second-order valence-corrected chi connectivity index (χ2v) is 5.29. The fourth-order valence-corrected chi connectivity index (χ4v) is 2.29. The summed E-state index contributed by atoms with van der Waals surface area (Å²) in [5.41, 5.74) is 0. The molecular formula is C6H15O2PS. The van der Waals surface area contributed by atoms with E-state index in [1.54, 1.807) is 18.5 Å². The monoisotopic (exact) mass is 182 g/mol. The molecule has 0 saturated heterocycles. The highest BCUT2D eigenvalue weighted by atomic mass is 32.7. The molecule has 0 aliphatic rings. The number of rotatable bonds is 5. The summed E-state index contributed by atoms with van der Waals surface area (Å²) in [5.74, 6) is 0. The molecule has 0 amide bonds. The lowest BCUT2D eigenvalue weighted by molar-refractivity contribution is 0.214. The van der Waals surface area contributed by atoms with Gasteiger partial charge in [-0.25, -0.2) is 0 Å². The lowest BCUT2D eigenvalue weighted by Gasteiger charge is -2.16. The van der Waals surface area contributed by atoms with Crippen molar-refractivity contribution in [3.63, 3.8) is 0 Å². The minimum atomic E-state index is -0.685. The first-order valence-electron chi connectivity index (χ1n) is 3.29. The molecule has 0 radical (unpaired) electrons. The van der Waals surface area contributed by atoms with E-state index in [0.717, 1.165) is 6.42 Å². The molecule has 0 heterocycles. The minimum Gasteiger partial charge on any atom is -0.329 e. The molecule has 10 heavy (non-hydrogen) atoms. The predicted octanol–water partition coefficient (Wildman–Crippen LogP) is 3.04. The van der Waals surface area contributed by atoms with Crippen molar-refractivity contribution >= 4 is 19.0 Å². The van der Waals surface area contributed by atoms with Crippen molar-refractivity contribution in [1.82, 2.24) is 0 Å². The fourth-order valence-electron chi connectivity index (χ4n) is 0.382. The van der Waals surface area contributed by atoms with E-state index in [-0.39, 0.29) is 0 Å². The molecule has 0 fully saturated rings. The summed E-state index contributed by atoms with van der Waals surface area (Å²) in [7, 11) is 1.00. The van der Waals surface area contributed by atoms with E-state index < -0.39 is 7.58 Å². The summed E-state index contributed by atoms with van der Waals surface area (Å²) in [4.78, 5) is 0. The zero-order chi connectivity index (χ0) is 7.98. The molecule has 0 aliphatic carbocycles.